The highest BCUT2D eigenvalue weighted by Gasteiger charge is 2.42. The summed E-state index contributed by atoms with van der Waals surface area (Å²) in [7, 11) is 0. The van der Waals surface area contributed by atoms with Crippen LogP contribution in [-0.2, 0) is 6.42 Å². The zero-order chi connectivity index (χ0) is 19.4. The lowest BCUT2D eigenvalue weighted by Gasteiger charge is -2.40. The summed E-state index contributed by atoms with van der Waals surface area (Å²) < 4.78 is 0. The highest BCUT2D eigenvalue weighted by Crippen LogP contribution is 2.39. The summed E-state index contributed by atoms with van der Waals surface area (Å²) >= 11 is 0. The van der Waals surface area contributed by atoms with Crippen molar-refractivity contribution in [3.63, 3.8) is 0 Å². The number of nitrogens with zero attached hydrogens (tertiary/aromatic N) is 2. The second-order valence-corrected chi connectivity index (χ2v) is 8.39. The number of hydrogen-bond acceptors (Lipinski definition) is 3. The average molecular weight is 380 g/mol. The normalized spacial score (nSPS) is 22.6. The van der Waals surface area contributed by atoms with Gasteiger partial charge in [0.2, 0.25) is 5.56 Å². The van der Waals surface area contributed by atoms with Gasteiger partial charge in [-0.15, -0.1) is 0 Å². The number of likely N-dealkylation sites (tertiary alicyclic amines) is 2. The average Bonchev–Trinajstić information content (AvgIpc) is 3.12. The number of nitrogens with one attached hydrogen (secondary N) is 1. The summed E-state index contributed by atoms with van der Waals surface area (Å²) in [5.74, 6) is 0.0364. The molecule has 5 nitrogen and oxygen atoms in total. The lowest BCUT2D eigenvalue weighted by molar-refractivity contribution is 0.0688. The fraction of sp³-hybridized carbons (Fsp3) is 0.478. The molecule has 5 heteroatoms. The van der Waals surface area contributed by atoms with Crippen molar-refractivity contribution in [3.8, 4) is 0 Å². The minimum absolute atomic E-state index is 0.0364. The van der Waals surface area contributed by atoms with Crippen molar-refractivity contribution in [1.29, 1.82) is 0 Å². The van der Waals surface area contributed by atoms with Crippen molar-refractivity contribution in [2.45, 2.75) is 32.1 Å². The maximum atomic E-state index is 12.8. The van der Waals surface area contributed by atoms with E-state index in [9.17, 15) is 9.59 Å². The Kier molecular flexibility index (Phi) is 5.62. The number of piperidine rings is 1. The predicted octanol–water partition coefficient (Wildman–Crippen LogP) is 2.94. The van der Waals surface area contributed by atoms with E-state index in [2.05, 4.69) is 40.2 Å². The first-order chi connectivity index (χ1) is 13.6. The van der Waals surface area contributed by atoms with Crippen molar-refractivity contribution < 1.29 is 4.79 Å². The fourth-order valence-corrected chi connectivity index (χ4v) is 4.82. The van der Waals surface area contributed by atoms with Gasteiger partial charge in [0.15, 0.2) is 0 Å². The molecule has 148 valence electrons. The second-order valence-electron chi connectivity index (χ2n) is 8.39. The molecule has 1 spiro atoms. The number of carbonyl (C=O) groups excluding carboxylic acids is 1. The fourth-order valence-electron chi connectivity index (χ4n) is 4.82. The third kappa shape index (κ3) is 4.36. The lowest BCUT2D eigenvalue weighted by Crippen LogP contribution is -2.45. The number of aromatic nitrogens is 1. The summed E-state index contributed by atoms with van der Waals surface area (Å²) in [6.45, 7) is 5.04. The molecule has 2 fully saturated rings. The molecule has 0 bridgehead atoms. The first-order valence-electron chi connectivity index (χ1n) is 10.4. The van der Waals surface area contributed by atoms with Gasteiger partial charge in [0, 0.05) is 37.3 Å². The van der Waals surface area contributed by atoms with E-state index < -0.39 is 0 Å². The molecule has 2 aliphatic rings. The molecule has 1 atom stereocenters. The molecule has 0 saturated carbocycles. The summed E-state index contributed by atoms with van der Waals surface area (Å²) in [6.07, 6.45) is 7.34. The molecule has 0 aliphatic carbocycles. The van der Waals surface area contributed by atoms with E-state index >= 15 is 0 Å². The van der Waals surface area contributed by atoms with Gasteiger partial charge < -0.3 is 14.8 Å². The van der Waals surface area contributed by atoms with E-state index in [-0.39, 0.29) is 16.9 Å². The molecule has 2 aromatic rings. The number of amides is 1. The Bertz CT molecular complexity index is 843. The van der Waals surface area contributed by atoms with Gasteiger partial charge in [0.1, 0.15) is 0 Å². The Balaban J connectivity index is 1.31. The molecule has 1 aromatic heterocycles. The van der Waals surface area contributed by atoms with E-state index in [1.54, 1.807) is 6.07 Å². The first-order valence-corrected chi connectivity index (χ1v) is 10.4. The van der Waals surface area contributed by atoms with Crippen LogP contribution in [0.1, 0.15) is 41.6 Å². The Hall–Kier alpha value is -2.40. The number of rotatable bonds is 5. The van der Waals surface area contributed by atoms with Crippen LogP contribution in [0.5, 0.6) is 0 Å². The van der Waals surface area contributed by atoms with E-state index in [1.165, 1.54) is 43.6 Å². The quantitative estimate of drug-likeness (QED) is 0.869. The number of aryl methyl sites for hydroxylation is 1. The topological polar surface area (TPSA) is 56.4 Å². The first kappa shape index (κ1) is 18.9. The highest BCUT2D eigenvalue weighted by atomic mass is 16.2. The van der Waals surface area contributed by atoms with Gasteiger partial charge in [-0.2, -0.15) is 0 Å². The van der Waals surface area contributed by atoms with Crippen LogP contribution in [0.4, 0.5) is 0 Å². The smallest absolute Gasteiger partial charge is 0.255 e. The molecule has 1 N–H and O–H groups in total. The molecule has 4 rings (SSSR count). The minimum atomic E-state index is -0.173. The number of aromatic amines is 1. The van der Waals surface area contributed by atoms with Crippen LogP contribution < -0.4 is 5.56 Å². The van der Waals surface area contributed by atoms with Crippen molar-refractivity contribution in [3.05, 3.63) is 70.1 Å². The van der Waals surface area contributed by atoms with Gasteiger partial charge in [-0.3, -0.25) is 9.59 Å². The standard InChI is InChI=1S/C23H29N3O2/c27-21-10-9-20(16-24-21)22(28)26-15-12-23(18-26)11-5-14-25(17-23)13-4-8-19-6-2-1-3-7-19/h1-3,6-7,9-10,16H,4-5,8,11-15,17-18H2,(H,24,27). The van der Waals surface area contributed by atoms with Crippen LogP contribution in [0.15, 0.2) is 53.5 Å². The van der Waals surface area contributed by atoms with E-state index in [1.807, 2.05) is 4.90 Å². The number of benzene rings is 1. The molecule has 1 aromatic carbocycles. The molecular formula is C23H29N3O2. The molecule has 1 amide bonds. The van der Waals surface area contributed by atoms with E-state index in [4.69, 9.17) is 0 Å². The Morgan fingerprint density at radius 1 is 1.04 bits per heavy atom. The SMILES string of the molecule is O=C(c1ccc(=O)[nH]c1)N1CCC2(CCCN(CCCc3ccccc3)C2)C1. The minimum Gasteiger partial charge on any atom is -0.338 e. The largest absolute Gasteiger partial charge is 0.338 e. The maximum absolute atomic E-state index is 12.8. The van der Waals surface area contributed by atoms with Gasteiger partial charge in [0.25, 0.3) is 5.91 Å². The highest BCUT2D eigenvalue weighted by molar-refractivity contribution is 5.94. The van der Waals surface area contributed by atoms with Crippen molar-refractivity contribution in [2.24, 2.45) is 5.41 Å². The Morgan fingerprint density at radius 3 is 2.68 bits per heavy atom. The maximum Gasteiger partial charge on any atom is 0.255 e. The van der Waals surface area contributed by atoms with Crippen molar-refractivity contribution in [1.82, 2.24) is 14.8 Å². The monoisotopic (exact) mass is 379 g/mol. The van der Waals surface area contributed by atoms with Gasteiger partial charge >= 0.3 is 0 Å². The predicted molar refractivity (Wildman–Crippen MR) is 110 cm³/mol. The van der Waals surface area contributed by atoms with E-state index in [0.717, 1.165) is 39.0 Å². The molecular weight excluding hydrogens is 350 g/mol. The number of H-pyrrole nitrogens is 1. The van der Waals surface area contributed by atoms with Crippen LogP contribution in [-0.4, -0.2) is 53.4 Å². The summed E-state index contributed by atoms with van der Waals surface area (Å²) in [6, 6.07) is 13.7. The van der Waals surface area contributed by atoms with Crippen LogP contribution >= 0.6 is 0 Å². The molecule has 3 heterocycles. The van der Waals surface area contributed by atoms with E-state index in [0.29, 0.717) is 5.56 Å². The number of carbonyl (C=O) groups is 1. The number of pyridine rings is 1. The zero-order valence-electron chi connectivity index (χ0n) is 16.4. The second kappa shape index (κ2) is 8.31. The molecule has 0 radical (unpaired) electrons. The molecule has 2 aliphatic heterocycles. The van der Waals surface area contributed by atoms with Crippen molar-refractivity contribution in [2.75, 3.05) is 32.7 Å². The van der Waals surface area contributed by atoms with Crippen LogP contribution in [0.2, 0.25) is 0 Å². The van der Waals surface area contributed by atoms with Gasteiger partial charge in [-0.1, -0.05) is 30.3 Å². The zero-order valence-corrected chi connectivity index (χ0v) is 16.4. The van der Waals surface area contributed by atoms with Crippen molar-refractivity contribution >= 4 is 5.91 Å². The third-order valence-electron chi connectivity index (χ3n) is 6.28. The lowest BCUT2D eigenvalue weighted by atomic mass is 9.79. The summed E-state index contributed by atoms with van der Waals surface area (Å²) in [5.41, 5.74) is 2.05. The molecule has 2 saturated heterocycles. The number of hydrogen-bond donors (Lipinski definition) is 1. The van der Waals surface area contributed by atoms with Crippen LogP contribution in [0, 0.1) is 5.41 Å². The Labute approximate surface area is 166 Å². The van der Waals surface area contributed by atoms with Gasteiger partial charge in [-0.05, 0) is 56.8 Å². The van der Waals surface area contributed by atoms with Crippen LogP contribution in [0.25, 0.3) is 0 Å². The molecule has 1 unspecified atom stereocenters. The van der Waals surface area contributed by atoms with Gasteiger partial charge in [0.05, 0.1) is 5.56 Å². The van der Waals surface area contributed by atoms with Crippen LogP contribution in [0.3, 0.4) is 0 Å². The summed E-state index contributed by atoms with van der Waals surface area (Å²) in [4.78, 5) is 31.2. The van der Waals surface area contributed by atoms with Gasteiger partial charge in [-0.25, -0.2) is 0 Å². The summed E-state index contributed by atoms with van der Waals surface area (Å²) in [5, 5.41) is 0. The molecule has 28 heavy (non-hydrogen) atoms. The Morgan fingerprint density at radius 2 is 1.89 bits per heavy atom. The third-order valence-corrected chi connectivity index (χ3v) is 6.28.